The van der Waals surface area contributed by atoms with Crippen molar-refractivity contribution < 1.29 is 9.47 Å². The maximum atomic E-state index is 12.5. The van der Waals surface area contributed by atoms with Gasteiger partial charge in [-0.3, -0.25) is 9.47 Å². The van der Waals surface area contributed by atoms with Gasteiger partial charge in [-0.25, -0.2) is 4.79 Å². The van der Waals surface area contributed by atoms with Crippen LogP contribution in [0.25, 0.3) is 11.2 Å². The molecule has 1 saturated heterocycles. The SMILES string of the molecule is CCCCOc1nc(N)c2[nH]c(=O)n(CCCCCCCN3CCN(c4ccc(OC)cc4)CC3)c2n1. The molecular weight excluding hydrogens is 470 g/mol. The first-order chi connectivity index (χ1) is 18.1. The van der Waals surface area contributed by atoms with Gasteiger partial charge in [0.2, 0.25) is 0 Å². The molecule has 3 N–H and O–H groups in total. The van der Waals surface area contributed by atoms with E-state index in [1.54, 1.807) is 11.7 Å². The van der Waals surface area contributed by atoms with Crippen molar-refractivity contribution in [1.82, 2.24) is 24.4 Å². The molecule has 37 heavy (non-hydrogen) atoms. The van der Waals surface area contributed by atoms with Crippen molar-refractivity contribution in [3.05, 3.63) is 34.7 Å². The molecule has 10 heteroatoms. The van der Waals surface area contributed by atoms with E-state index in [0.29, 0.717) is 24.3 Å². The van der Waals surface area contributed by atoms with Gasteiger partial charge in [0.05, 0.1) is 13.7 Å². The van der Waals surface area contributed by atoms with E-state index < -0.39 is 0 Å². The standard InChI is InChI=1S/C27H41N7O3/c1-3-4-20-37-26-30-24(28)23-25(31-26)34(27(35)29-23)15-9-7-5-6-8-14-32-16-18-33(19-17-32)21-10-12-22(36-2)13-11-21/h10-13H,3-9,14-20H2,1-2H3,(H,29,35)(H2,28,30,31). The van der Waals surface area contributed by atoms with Gasteiger partial charge in [-0.05, 0) is 50.1 Å². The van der Waals surface area contributed by atoms with Gasteiger partial charge in [0.25, 0.3) is 0 Å². The van der Waals surface area contributed by atoms with Crippen LogP contribution in [0.15, 0.2) is 29.1 Å². The zero-order valence-electron chi connectivity index (χ0n) is 22.2. The number of ether oxygens (including phenoxy) is 2. The molecule has 0 radical (unpaired) electrons. The Balaban J connectivity index is 1.14. The molecule has 0 unspecified atom stereocenters. The second-order valence-corrected chi connectivity index (χ2v) is 9.67. The molecule has 1 fully saturated rings. The minimum atomic E-state index is -0.199. The van der Waals surface area contributed by atoms with Crippen LogP contribution in [0.3, 0.4) is 0 Å². The van der Waals surface area contributed by atoms with Crippen LogP contribution in [0.2, 0.25) is 0 Å². The van der Waals surface area contributed by atoms with Crippen molar-refractivity contribution in [1.29, 1.82) is 0 Å². The number of unbranched alkanes of at least 4 members (excludes halogenated alkanes) is 5. The maximum Gasteiger partial charge on any atom is 0.327 e. The van der Waals surface area contributed by atoms with Crippen LogP contribution in [-0.2, 0) is 6.54 Å². The Hall–Kier alpha value is -3.27. The first-order valence-corrected chi connectivity index (χ1v) is 13.6. The van der Waals surface area contributed by atoms with E-state index in [9.17, 15) is 4.79 Å². The summed E-state index contributed by atoms with van der Waals surface area (Å²) in [7, 11) is 1.70. The van der Waals surface area contributed by atoms with Crippen molar-refractivity contribution in [3.8, 4) is 11.8 Å². The second kappa shape index (κ2) is 13.3. The van der Waals surface area contributed by atoms with E-state index in [0.717, 1.165) is 70.6 Å². The van der Waals surface area contributed by atoms with Gasteiger partial charge >= 0.3 is 11.7 Å². The van der Waals surface area contributed by atoms with Crippen LogP contribution < -0.4 is 25.8 Å². The minimum Gasteiger partial charge on any atom is -0.497 e. The number of rotatable bonds is 14. The topological polar surface area (TPSA) is 115 Å². The zero-order valence-corrected chi connectivity index (χ0v) is 22.2. The molecule has 10 nitrogen and oxygen atoms in total. The molecule has 202 valence electrons. The number of anilines is 2. The van der Waals surface area contributed by atoms with E-state index >= 15 is 0 Å². The highest BCUT2D eigenvalue weighted by Crippen LogP contribution is 2.21. The first-order valence-electron chi connectivity index (χ1n) is 13.6. The molecule has 0 saturated carbocycles. The van der Waals surface area contributed by atoms with Crippen LogP contribution in [0.1, 0.15) is 51.9 Å². The van der Waals surface area contributed by atoms with Crippen molar-refractivity contribution in [2.45, 2.75) is 58.4 Å². The van der Waals surface area contributed by atoms with Gasteiger partial charge in [0.1, 0.15) is 11.3 Å². The smallest absolute Gasteiger partial charge is 0.327 e. The summed E-state index contributed by atoms with van der Waals surface area (Å²) in [6.45, 7) is 8.71. The number of nitrogens with one attached hydrogen (secondary N) is 1. The third kappa shape index (κ3) is 7.15. The molecule has 1 aliphatic rings. The number of imidazole rings is 1. The van der Waals surface area contributed by atoms with E-state index in [1.807, 2.05) is 12.1 Å². The highest BCUT2D eigenvalue weighted by molar-refractivity contribution is 5.81. The maximum absolute atomic E-state index is 12.5. The van der Waals surface area contributed by atoms with Crippen LogP contribution in [0, 0.1) is 0 Å². The van der Waals surface area contributed by atoms with Crippen molar-refractivity contribution in [2.75, 3.05) is 57.1 Å². The Morgan fingerprint density at radius 3 is 2.35 bits per heavy atom. The molecule has 2 aromatic heterocycles. The summed E-state index contributed by atoms with van der Waals surface area (Å²) < 4.78 is 12.5. The average molecular weight is 512 g/mol. The van der Waals surface area contributed by atoms with Gasteiger partial charge in [-0.1, -0.05) is 32.6 Å². The van der Waals surface area contributed by atoms with E-state index in [2.05, 4.69) is 43.8 Å². The summed E-state index contributed by atoms with van der Waals surface area (Å²) in [5, 5.41) is 0. The number of nitrogen functional groups attached to an aromatic ring is 1. The lowest BCUT2D eigenvalue weighted by molar-refractivity contribution is 0.252. The summed E-state index contributed by atoms with van der Waals surface area (Å²) in [5.74, 6) is 1.15. The number of aromatic amines is 1. The number of hydrogen-bond acceptors (Lipinski definition) is 8. The normalized spacial score (nSPS) is 14.4. The first kappa shape index (κ1) is 26.8. The van der Waals surface area contributed by atoms with Gasteiger partial charge in [-0.15, -0.1) is 0 Å². The molecule has 0 amide bonds. The summed E-state index contributed by atoms with van der Waals surface area (Å²) in [4.78, 5) is 28.9. The minimum absolute atomic E-state index is 0.199. The Kier molecular flexibility index (Phi) is 9.65. The Morgan fingerprint density at radius 1 is 0.946 bits per heavy atom. The largest absolute Gasteiger partial charge is 0.497 e. The van der Waals surface area contributed by atoms with Gasteiger partial charge < -0.3 is 25.1 Å². The number of nitrogens with zero attached hydrogens (tertiary/aromatic N) is 5. The molecule has 0 atom stereocenters. The van der Waals surface area contributed by atoms with Crippen molar-refractivity contribution >= 4 is 22.7 Å². The molecule has 0 spiro atoms. The lowest BCUT2D eigenvalue weighted by atomic mass is 10.1. The predicted octanol–water partition coefficient (Wildman–Crippen LogP) is 3.66. The van der Waals surface area contributed by atoms with Crippen molar-refractivity contribution in [3.63, 3.8) is 0 Å². The van der Waals surface area contributed by atoms with E-state index in [1.165, 1.54) is 18.5 Å². The summed E-state index contributed by atoms with van der Waals surface area (Å²) >= 11 is 0. The summed E-state index contributed by atoms with van der Waals surface area (Å²) in [6, 6.07) is 8.57. The zero-order chi connectivity index (χ0) is 26.0. The second-order valence-electron chi connectivity index (χ2n) is 9.67. The monoisotopic (exact) mass is 511 g/mol. The summed E-state index contributed by atoms with van der Waals surface area (Å²) in [5.41, 5.74) is 8.12. The van der Waals surface area contributed by atoms with Gasteiger partial charge in [-0.2, -0.15) is 9.97 Å². The molecule has 0 bridgehead atoms. The molecule has 3 heterocycles. The number of methoxy groups -OCH3 is 1. The van der Waals surface area contributed by atoms with Crippen LogP contribution in [0.4, 0.5) is 11.5 Å². The lowest BCUT2D eigenvalue weighted by Gasteiger charge is -2.36. The number of nitrogens with two attached hydrogens (primary N) is 1. The van der Waals surface area contributed by atoms with E-state index in [-0.39, 0.29) is 17.5 Å². The lowest BCUT2D eigenvalue weighted by Crippen LogP contribution is -2.46. The number of benzene rings is 1. The van der Waals surface area contributed by atoms with Crippen LogP contribution in [-0.4, -0.2) is 70.9 Å². The molecule has 4 rings (SSSR count). The predicted molar refractivity (Wildman–Crippen MR) is 148 cm³/mol. The van der Waals surface area contributed by atoms with Crippen LogP contribution in [0.5, 0.6) is 11.8 Å². The van der Waals surface area contributed by atoms with Crippen LogP contribution >= 0.6 is 0 Å². The van der Waals surface area contributed by atoms with E-state index in [4.69, 9.17) is 15.2 Å². The average Bonchev–Trinajstić information content (AvgIpc) is 3.24. The number of fused-ring (bicyclic) bond motifs is 1. The van der Waals surface area contributed by atoms with Crippen molar-refractivity contribution in [2.24, 2.45) is 0 Å². The molecule has 1 aliphatic heterocycles. The molecule has 0 aliphatic carbocycles. The fourth-order valence-electron chi connectivity index (χ4n) is 4.77. The third-order valence-corrected chi connectivity index (χ3v) is 7.03. The Morgan fingerprint density at radius 2 is 1.65 bits per heavy atom. The van der Waals surface area contributed by atoms with Gasteiger partial charge in [0.15, 0.2) is 11.5 Å². The summed E-state index contributed by atoms with van der Waals surface area (Å²) in [6.07, 6.45) is 7.50. The highest BCUT2D eigenvalue weighted by Gasteiger charge is 2.17. The van der Waals surface area contributed by atoms with Gasteiger partial charge in [0, 0.05) is 38.4 Å². The number of H-pyrrole nitrogens is 1. The number of aromatic nitrogens is 4. The molecule has 3 aromatic rings. The molecular formula is C27H41N7O3. The number of aryl methyl sites for hydroxylation is 1. The highest BCUT2D eigenvalue weighted by atomic mass is 16.5. The Bertz CT molecular complexity index is 1170. The molecule has 1 aromatic carbocycles. The third-order valence-electron chi connectivity index (χ3n) is 7.03. The number of piperazine rings is 1. The fourth-order valence-corrected chi connectivity index (χ4v) is 4.77. The number of hydrogen-bond donors (Lipinski definition) is 2. The fraction of sp³-hybridized carbons (Fsp3) is 0.593. The Labute approximate surface area is 218 Å². The quantitative estimate of drug-likeness (QED) is 0.315.